The molecule has 0 saturated heterocycles. The molecule has 0 atom stereocenters. The van der Waals surface area contributed by atoms with Crippen LogP contribution < -0.4 is 15.8 Å². The fraction of sp³-hybridized carbons (Fsp3) is 0.480. The van der Waals surface area contributed by atoms with E-state index in [1.54, 1.807) is 13.0 Å². The number of fused-ring (bicyclic) bond motifs is 1. The minimum Gasteiger partial charge on any atom is -0.492 e. The number of aromatic nitrogens is 3. The van der Waals surface area contributed by atoms with Crippen LogP contribution in [0, 0.1) is 25.6 Å². The summed E-state index contributed by atoms with van der Waals surface area (Å²) in [6, 6.07) is 3.52. The van der Waals surface area contributed by atoms with Crippen LogP contribution in [0.1, 0.15) is 60.1 Å². The molecule has 2 saturated carbocycles. The summed E-state index contributed by atoms with van der Waals surface area (Å²) < 4.78 is 20.4. The molecular weight excluding hydrogens is 457 g/mol. The monoisotopic (exact) mass is 487 g/mol. The van der Waals surface area contributed by atoms with Gasteiger partial charge in [-0.3, -0.25) is 4.79 Å². The predicted molar refractivity (Wildman–Crippen MR) is 132 cm³/mol. The SMILES string of the molecule is Cc1cc(-c2ncnc3c(C(=O)N[C@H]4CC[C@H](N)CC4)c(C)[nH]c23)c(OCC2CC2)cc1F.Cl. The first-order valence-corrected chi connectivity index (χ1v) is 11.7. The van der Waals surface area contributed by atoms with Crippen LogP contribution in [0.15, 0.2) is 18.5 Å². The van der Waals surface area contributed by atoms with E-state index in [9.17, 15) is 9.18 Å². The van der Waals surface area contributed by atoms with Gasteiger partial charge in [0.1, 0.15) is 29.1 Å². The van der Waals surface area contributed by atoms with E-state index in [2.05, 4.69) is 20.3 Å². The van der Waals surface area contributed by atoms with Crippen LogP contribution in [0.3, 0.4) is 0 Å². The van der Waals surface area contributed by atoms with Gasteiger partial charge in [-0.1, -0.05) is 0 Å². The molecule has 0 unspecified atom stereocenters. The molecule has 7 nitrogen and oxygen atoms in total. The lowest BCUT2D eigenvalue weighted by molar-refractivity contribution is 0.0927. The Hall–Kier alpha value is -2.71. The summed E-state index contributed by atoms with van der Waals surface area (Å²) in [6.07, 6.45) is 7.32. The van der Waals surface area contributed by atoms with Crippen molar-refractivity contribution >= 4 is 29.3 Å². The number of hydrogen-bond acceptors (Lipinski definition) is 5. The number of benzene rings is 1. The van der Waals surface area contributed by atoms with E-state index in [0.717, 1.165) is 44.2 Å². The average Bonchev–Trinajstić information content (AvgIpc) is 3.55. The third-order valence-corrected chi connectivity index (χ3v) is 6.79. The number of rotatable bonds is 6. The molecule has 2 heterocycles. The number of halogens is 2. The second kappa shape index (κ2) is 9.88. The van der Waals surface area contributed by atoms with E-state index >= 15 is 0 Å². The number of amides is 1. The first kappa shape index (κ1) is 24.4. The molecule has 1 aromatic carbocycles. The van der Waals surface area contributed by atoms with Crippen LogP contribution >= 0.6 is 12.4 Å². The van der Waals surface area contributed by atoms with E-state index in [1.165, 1.54) is 12.4 Å². The van der Waals surface area contributed by atoms with Gasteiger partial charge in [0.15, 0.2) is 0 Å². The van der Waals surface area contributed by atoms with Crippen molar-refractivity contribution in [2.24, 2.45) is 11.7 Å². The Kier molecular flexibility index (Phi) is 7.09. The van der Waals surface area contributed by atoms with Gasteiger partial charge in [-0.2, -0.15) is 0 Å². The molecule has 182 valence electrons. The first-order chi connectivity index (χ1) is 15.9. The van der Waals surface area contributed by atoms with E-state index in [0.29, 0.717) is 51.7 Å². The molecule has 2 aromatic heterocycles. The maximum absolute atomic E-state index is 14.4. The lowest BCUT2D eigenvalue weighted by Gasteiger charge is -2.26. The minimum atomic E-state index is -0.315. The number of H-pyrrole nitrogens is 1. The summed E-state index contributed by atoms with van der Waals surface area (Å²) in [6.45, 7) is 4.14. The lowest BCUT2D eigenvalue weighted by atomic mass is 9.91. The van der Waals surface area contributed by atoms with Gasteiger partial charge >= 0.3 is 0 Å². The second-order valence-corrected chi connectivity index (χ2v) is 9.51. The highest BCUT2D eigenvalue weighted by atomic mass is 35.5. The molecule has 2 aliphatic carbocycles. The molecule has 5 rings (SSSR count). The van der Waals surface area contributed by atoms with Crippen LogP contribution in [0.2, 0.25) is 0 Å². The van der Waals surface area contributed by atoms with Crippen molar-refractivity contribution in [2.45, 2.75) is 64.5 Å². The summed E-state index contributed by atoms with van der Waals surface area (Å²) in [5.74, 6) is 0.529. The van der Waals surface area contributed by atoms with Crippen molar-refractivity contribution < 1.29 is 13.9 Å². The lowest BCUT2D eigenvalue weighted by Crippen LogP contribution is -2.40. The van der Waals surface area contributed by atoms with Gasteiger partial charge in [-0.05, 0) is 69.9 Å². The van der Waals surface area contributed by atoms with Crippen LogP contribution in [-0.4, -0.2) is 39.5 Å². The molecule has 0 bridgehead atoms. The molecule has 2 aliphatic rings. The number of nitrogens with one attached hydrogen (secondary N) is 2. The van der Waals surface area contributed by atoms with Gasteiger partial charge in [0.2, 0.25) is 0 Å². The maximum Gasteiger partial charge on any atom is 0.255 e. The van der Waals surface area contributed by atoms with Gasteiger partial charge in [0.25, 0.3) is 5.91 Å². The molecule has 4 N–H and O–H groups in total. The fourth-order valence-electron chi connectivity index (χ4n) is 4.58. The molecule has 3 aromatic rings. The molecule has 0 spiro atoms. The van der Waals surface area contributed by atoms with Crippen molar-refractivity contribution in [1.29, 1.82) is 0 Å². The predicted octanol–water partition coefficient (Wildman–Crippen LogP) is 4.59. The maximum atomic E-state index is 14.4. The highest BCUT2D eigenvalue weighted by Crippen LogP contribution is 2.37. The number of aromatic amines is 1. The van der Waals surface area contributed by atoms with Gasteiger partial charge in [0.05, 0.1) is 17.7 Å². The second-order valence-electron chi connectivity index (χ2n) is 9.51. The van der Waals surface area contributed by atoms with Crippen LogP contribution in [-0.2, 0) is 0 Å². The largest absolute Gasteiger partial charge is 0.492 e. The number of nitrogens with two attached hydrogens (primary N) is 1. The van der Waals surface area contributed by atoms with Crippen molar-refractivity contribution in [3.63, 3.8) is 0 Å². The number of carbonyl (C=O) groups is 1. The zero-order valence-electron chi connectivity index (χ0n) is 19.5. The summed E-state index contributed by atoms with van der Waals surface area (Å²) >= 11 is 0. The topological polar surface area (TPSA) is 106 Å². The van der Waals surface area contributed by atoms with Crippen molar-refractivity contribution in [3.8, 4) is 17.0 Å². The Morgan fingerprint density at radius 1 is 1.18 bits per heavy atom. The number of nitrogens with zero attached hydrogens (tertiary/aromatic N) is 2. The van der Waals surface area contributed by atoms with E-state index in [1.807, 2.05) is 6.92 Å². The van der Waals surface area contributed by atoms with E-state index in [-0.39, 0.29) is 36.2 Å². The van der Waals surface area contributed by atoms with Crippen LogP contribution in [0.25, 0.3) is 22.3 Å². The van der Waals surface area contributed by atoms with E-state index < -0.39 is 0 Å². The number of carbonyl (C=O) groups excluding carboxylic acids is 1. The molecule has 34 heavy (non-hydrogen) atoms. The Bertz CT molecular complexity index is 1200. The molecule has 0 radical (unpaired) electrons. The Morgan fingerprint density at radius 2 is 1.91 bits per heavy atom. The quantitative estimate of drug-likeness (QED) is 0.471. The summed E-state index contributed by atoms with van der Waals surface area (Å²) in [7, 11) is 0. The standard InChI is InChI=1S/C25H30FN5O2.ClH/c1-13-9-18(20(10-19(13)26)33-11-15-3-4-15)22-24-23(29-12-28-22)21(14(2)30-24)25(32)31-17-7-5-16(27)6-8-17;/h9-10,12,15-17,30H,3-8,11,27H2,1-2H3,(H,31,32);1H/t16-,17-;. The minimum absolute atomic E-state index is 0. The van der Waals surface area contributed by atoms with Gasteiger partial charge < -0.3 is 20.8 Å². The summed E-state index contributed by atoms with van der Waals surface area (Å²) in [5, 5.41) is 3.15. The third kappa shape index (κ3) is 4.88. The first-order valence-electron chi connectivity index (χ1n) is 11.7. The zero-order valence-corrected chi connectivity index (χ0v) is 20.3. The van der Waals surface area contributed by atoms with Crippen molar-refractivity contribution in [2.75, 3.05) is 6.61 Å². The molecule has 0 aliphatic heterocycles. The van der Waals surface area contributed by atoms with Gasteiger partial charge in [-0.15, -0.1) is 12.4 Å². The molecule has 2 fully saturated rings. The van der Waals surface area contributed by atoms with Gasteiger partial charge in [-0.25, -0.2) is 14.4 Å². The highest BCUT2D eigenvalue weighted by Gasteiger charge is 2.27. The van der Waals surface area contributed by atoms with Crippen molar-refractivity contribution in [1.82, 2.24) is 20.3 Å². The zero-order chi connectivity index (χ0) is 23.1. The molecular formula is C25H31ClFN5O2. The smallest absolute Gasteiger partial charge is 0.255 e. The number of hydrogen-bond donors (Lipinski definition) is 3. The third-order valence-electron chi connectivity index (χ3n) is 6.79. The van der Waals surface area contributed by atoms with Crippen LogP contribution in [0.4, 0.5) is 4.39 Å². The normalized spacial score (nSPS) is 20.1. The Labute approximate surface area is 204 Å². The molecule has 9 heteroatoms. The fourth-order valence-corrected chi connectivity index (χ4v) is 4.58. The van der Waals surface area contributed by atoms with Gasteiger partial charge in [0, 0.05) is 29.4 Å². The summed E-state index contributed by atoms with van der Waals surface area (Å²) in [5.41, 5.74) is 10.2. The molecule has 1 amide bonds. The number of ether oxygens (including phenoxy) is 1. The highest BCUT2D eigenvalue weighted by molar-refractivity contribution is 6.09. The van der Waals surface area contributed by atoms with E-state index in [4.69, 9.17) is 10.5 Å². The number of aryl methyl sites for hydroxylation is 2. The Balaban J connectivity index is 0.00000274. The summed E-state index contributed by atoms with van der Waals surface area (Å²) in [4.78, 5) is 25.4. The Morgan fingerprint density at radius 3 is 2.62 bits per heavy atom. The average molecular weight is 488 g/mol. The van der Waals surface area contributed by atoms with Crippen molar-refractivity contribution in [3.05, 3.63) is 41.1 Å². The van der Waals surface area contributed by atoms with Crippen LogP contribution in [0.5, 0.6) is 5.75 Å².